The van der Waals surface area contributed by atoms with Crippen LogP contribution in [0.3, 0.4) is 0 Å². The van der Waals surface area contributed by atoms with Gasteiger partial charge in [0.05, 0.1) is 0 Å². The van der Waals surface area contributed by atoms with Gasteiger partial charge < -0.3 is 10.6 Å². The van der Waals surface area contributed by atoms with Gasteiger partial charge in [0.2, 0.25) is 5.95 Å². The van der Waals surface area contributed by atoms with Crippen LogP contribution in [0.1, 0.15) is 38.8 Å². The second kappa shape index (κ2) is 7.43. The van der Waals surface area contributed by atoms with Gasteiger partial charge >= 0.3 is 0 Å². The Bertz CT molecular complexity index is 415. The highest BCUT2D eigenvalue weighted by Gasteiger charge is 2.17. The Labute approximate surface area is 122 Å². The van der Waals surface area contributed by atoms with Gasteiger partial charge in [0, 0.05) is 30.9 Å². The predicted molar refractivity (Wildman–Crippen MR) is 84.3 cm³/mol. The maximum Gasteiger partial charge on any atom is 0.224 e. The fourth-order valence-corrected chi connectivity index (χ4v) is 2.54. The van der Waals surface area contributed by atoms with Gasteiger partial charge in [0.15, 0.2) is 0 Å². The highest BCUT2D eigenvalue weighted by atomic mass is 15.2. The lowest BCUT2D eigenvalue weighted by Gasteiger charge is -2.24. The number of likely N-dealkylation sites (tertiary alicyclic amines) is 1. The normalized spacial score (nSPS) is 17.1. The molecule has 0 saturated carbocycles. The molecule has 20 heavy (non-hydrogen) atoms. The first kappa shape index (κ1) is 15.0. The summed E-state index contributed by atoms with van der Waals surface area (Å²) >= 11 is 0. The lowest BCUT2D eigenvalue weighted by molar-refractivity contribution is 0.269. The summed E-state index contributed by atoms with van der Waals surface area (Å²) in [5.41, 5.74) is 0.995. The largest absolute Gasteiger partial charge is 0.368 e. The van der Waals surface area contributed by atoms with E-state index in [9.17, 15) is 0 Å². The van der Waals surface area contributed by atoms with Crippen LogP contribution in [0.15, 0.2) is 6.07 Å². The zero-order valence-corrected chi connectivity index (χ0v) is 12.9. The zero-order valence-electron chi connectivity index (χ0n) is 12.9. The topological polar surface area (TPSA) is 53.1 Å². The molecule has 1 aliphatic rings. The average Bonchev–Trinajstić information content (AvgIpc) is 2.96. The standard InChI is InChI=1S/C15H27N5/c1-4-7-16-15-18-12(2)10-14(19-15)17-11-13(3)20-8-5-6-9-20/h10,13H,4-9,11H2,1-3H3,(H2,16,17,18,19). The van der Waals surface area contributed by atoms with E-state index in [1.54, 1.807) is 0 Å². The van der Waals surface area contributed by atoms with Crippen LogP contribution < -0.4 is 10.6 Å². The molecule has 2 rings (SSSR count). The molecular formula is C15H27N5. The summed E-state index contributed by atoms with van der Waals surface area (Å²) < 4.78 is 0. The molecule has 0 amide bonds. The Balaban J connectivity index is 1.89. The van der Waals surface area contributed by atoms with E-state index < -0.39 is 0 Å². The fourth-order valence-electron chi connectivity index (χ4n) is 2.54. The van der Waals surface area contributed by atoms with Crippen molar-refractivity contribution in [3.63, 3.8) is 0 Å². The third kappa shape index (κ3) is 4.34. The van der Waals surface area contributed by atoms with Gasteiger partial charge in [-0.3, -0.25) is 4.90 Å². The maximum atomic E-state index is 4.52. The van der Waals surface area contributed by atoms with Gasteiger partial charge in [-0.25, -0.2) is 4.98 Å². The molecule has 5 nitrogen and oxygen atoms in total. The van der Waals surface area contributed by atoms with Gasteiger partial charge in [0.1, 0.15) is 5.82 Å². The number of nitrogens with one attached hydrogen (secondary N) is 2. The van der Waals surface area contributed by atoms with Crippen LogP contribution in [0, 0.1) is 6.92 Å². The monoisotopic (exact) mass is 277 g/mol. The minimum atomic E-state index is 0.555. The zero-order chi connectivity index (χ0) is 14.4. The average molecular weight is 277 g/mol. The van der Waals surface area contributed by atoms with E-state index in [2.05, 4.69) is 39.3 Å². The second-order valence-electron chi connectivity index (χ2n) is 5.62. The number of anilines is 2. The van der Waals surface area contributed by atoms with Gasteiger partial charge in [-0.2, -0.15) is 4.98 Å². The lowest BCUT2D eigenvalue weighted by Crippen LogP contribution is -2.35. The number of hydrogen-bond donors (Lipinski definition) is 2. The Hall–Kier alpha value is -1.36. The van der Waals surface area contributed by atoms with E-state index in [1.165, 1.54) is 25.9 Å². The van der Waals surface area contributed by atoms with E-state index in [-0.39, 0.29) is 0 Å². The molecule has 0 bridgehead atoms. The number of aromatic nitrogens is 2. The summed E-state index contributed by atoms with van der Waals surface area (Å²) in [4.78, 5) is 11.5. The lowest BCUT2D eigenvalue weighted by atomic mass is 10.3. The third-order valence-corrected chi connectivity index (χ3v) is 3.73. The van der Waals surface area contributed by atoms with Crippen LogP contribution in [0.25, 0.3) is 0 Å². The minimum Gasteiger partial charge on any atom is -0.368 e. The molecule has 0 aliphatic carbocycles. The molecule has 1 saturated heterocycles. The molecular weight excluding hydrogens is 250 g/mol. The number of hydrogen-bond acceptors (Lipinski definition) is 5. The summed E-state index contributed by atoms with van der Waals surface area (Å²) in [6, 6.07) is 2.56. The first-order valence-electron chi connectivity index (χ1n) is 7.76. The van der Waals surface area contributed by atoms with Crippen molar-refractivity contribution < 1.29 is 0 Å². The summed E-state index contributed by atoms with van der Waals surface area (Å²) in [5, 5.41) is 6.69. The summed E-state index contributed by atoms with van der Waals surface area (Å²) in [6.45, 7) is 10.7. The summed E-state index contributed by atoms with van der Waals surface area (Å²) in [5.74, 6) is 1.64. The molecule has 5 heteroatoms. The highest BCUT2D eigenvalue weighted by molar-refractivity contribution is 5.42. The van der Waals surface area contributed by atoms with Crippen LogP contribution in [0.4, 0.5) is 11.8 Å². The Morgan fingerprint density at radius 3 is 2.70 bits per heavy atom. The van der Waals surface area contributed by atoms with Crippen molar-refractivity contribution in [2.45, 2.75) is 46.1 Å². The molecule has 1 fully saturated rings. The SMILES string of the molecule is CCCNc1nc(C)cc(NCC(C)N2CCCC2)n1. The second-order valence-corrected chi connectivity index (χ2v) is 5.62. The minimum absolute atomic E-state index is 0.555. The van der Waals surface area contributed by atoms with Crippen molar-refractivity contribution in [3.8, 4) is 0 Å². The van der Waals surface area contributed by atoms with Crippen molar-refractivity contribution in [2.24, 2.45) is 0 Å². The van der Waals surface area contributed by atoms with E-state index in [1.807, 2.05) is 13.0 Å². The molecule has 1 aromatic rings. The van der Waals surface area contributed by atoms with Crippen molar-refractivity contribution in [1.82, 2.24) is 14.9 Å². The van der Waals surface area contributed by atoms with Gasteiger partial charge in [-0.1, -0.05) is 6.92 Å². The third-order valence-electron chi connectivity index (χ3n) is 3.73. The van der Waals surface area contributed by atoms with Crippen LogP contribution in [0.2, 0.25) is 0 Å². The molecule has 1 unspecified atom stereocenters. The van der Waals surface area contributed by atoms with Gasteiger partial charge in [-0.05, 0) is 46.2 Å². The van der Waals surface area contributed by atoms with E-state index in [0.717, 1.165) is 37.0 Å². The molecule has 1 aromatic heterocycles. The van der Waals surface area contributed by atoms with Crippen LogP contribution in [0.5, 0.6) is 0 Å². The van der Waals surface area contributed by atoms with Gasteiger partial charge in [0.25, 0.3) is 0 Å². The first-order valence-corrected chi connectivity index (χ1v) is 7.76. The number of aryl methyl sites for hydroxylation is 1. The van der Waals surface area contributed by atoms with Gasteiger partial charge in [-0.15, -0.1) is 0 Å². The van der Waals surface area contributed by atoms with Crippen LogP contribution in [-0.2, 0) is 0 Å². The van der Waals surface area contributed by atoms with Crippen molar-refractivity contribution in [1.29, 1.82) is 0 Å². The molecule has 0 radical (unpaired) electrons. The Kier molecular flexibility index (Phi) is 5.59. The molecule has 2 N–H and O–H groups in total. The number of rotatable bonds is 7. The molecule has 112 valence electrons. The maximum absolute atomic E-state index is 4.52. The first-order chi connectivity index (χ1) is 9.69. The summed E-state index contributed by atoms with van der Waals surface area (Å²) in [6.07, 6.45) is 3.75. The number of nitrogens with zero attached hydrogens (tertiary/aromatic N) is 3. The molecule has 1 atom stereocenters. The van der Waals surface area contributed by atoms with Crippen LogP contribution in [-0.4, -0.2) is 47.1 Å². The molecule has 0 aromatic carbocycles. The quantitative estimate of drug-likeness (QED) is 0.802. The predicted octanol–water partition coefficient (Wildman–Crippen LogP) is 2.50. The van der Waals surface area contributed by atoms with Crippen molar-refractivity contribution in [3.05, 3.63) is 11.8 Å². The smallest absolute Gasteiger partial charge is 0.224 e. The van der Waals surface area contributed by atoms with E-state index >= 15 is 0 Å². The highest BCUT2D eigenvalue weighted by Crippen LogP contribution is 2.13. The summed E-state index contributed by atoms with van der Waals surface area (Å²) in [7, 11) is 0. The molecule has 2 heterocycles. The molecule has 1 aliphatic heterocycles. The Morgan fingerprint density at radius 2 is 2.00 bits per heavy atom. The van der Waals surface area contributed by atoms with E-state index in [4.69, 9.17) is 0 Å². The Morgan fingerprint density at radius 1 is 1.25 bits per heavy atom. The van der Waals surface area contributed by atoms with E-state index in [0.29, 0.717) is 6.04 Å². The van der Waals surface area contributed by atoms with Crippen molar-refractivity contribution in [2.75, 3.05) is 36.8 Å². The molecule has 0 spiro atoms. The fraction of sp³-hybridized carbons (Fsp3) is 0.733. The van der Waals surface area contributed by atoms with Crippen LogP contribution >= 0.6 is 0 Å². The van der Waals surface area contributed by atoms with Crippen molar-refractivity contribution >= 4 is 11.8 Å².